The lowest BCUT2D eigenvalue weighted by Crippen LogP contribution is -2.48. The number of ether oxygens (including phenoxy) is 1. The van der Waals surface area contributed by atoms with Crippen molar-refractivity contribution in [1.82, 2.24) is 10.2 Å². The van der Waals surface area contributed by atoms with E-state index in [0.717, 1.165) is 32.1 Å². The molecule has 0 aromatic heterocycles. The van der Waals surface area contributed by atoms with Crippen LogP contribution in [-0.4, -0.2) is 41.6 Å². The average Bonchev–Trinajstić information content (AvgIpc) is 2.60. The molecule has 2 aliphatic rings. The zero-order chi connectivity index (χ0) is 18.7. The summed E-state index contributed by atoms with van der Waals surface area (Å²) < 4.78 is 5.43. The summed E-state index contributed by atoms with van der Waals surface area (Å²) in [6.45, 7) is 6.88. The molecule has 0 radical (unpaired) electrons. The predicted octanol–water partition coefficient (Wildman–Crippen LogP) is 3.62. The molecule has 2 amide bonds. The van der Waals surface area contributed by atoms with Crippen LogP contribution in [0.15, 0.2) is 24.3 Å². The van der Waals surface area contributed by atoms with E-state index in [1.54, 1.807) is 4.90 Å². The number of amides is 2. The summed E-state index contributed by atoms with van der Waals surface area (Å²) in [7, 11) is 0. The largest absolute Gasteiger partial charge is 0.444 e. The standard InChI is InChI=1S/C21H30N2O3/c1-21(2,3)26-20(25)23-13-11-16(12-14-23)22-19(24)18-10-6-8-15-7-4-5-9-17(15)18/h4-5,7,9,16,18H,6,8,10-14H2,1-3H3,(H,22,24). The first-order valence-electron chi connectivity index (χ1n) is 9.69. The Morgan fingerprint density at radius 1 is 1.12 bits per heavy atom. The number of piperidine rings is 1. The van der Waals surface area contributed by atoms with Crippen molar-refractivity contribution in [3.8, 4) is 0 Å². The first-order valence-corrected chi connectivity index (χ1v) is 9.69. The van der Waals surface area contributed by atoms with E-state index in [2.05, 4.69) is 17.4 Å². The highest BCUT2D eigenvalue weighted by atomic mass is 16.6. The van der Waals surface area contributed by atoms with E-state index in [9.17, 15) is 9.59 Å². The fourth-order valence-electron chi connectivity index (χ4n) is 3.86. The predicted molar refractivity (Wildman–Crippen MR) is 101 cm³/mol. The number of hydrogen-bond donors (Lipinski definition) is 1. The molecule has 1 fully saturated rings. The van der Waals surface area contributed by atoms with E-state index in [0.29, 0.717) is 13.1 Å². The molecule has 5 nitrogen and oxygen atoms in total. The van der Waals surface area contributed by atoms with Crippen LogP contribution in [0, 0.1) is 0 Å². The normalized spacial score (nSPS) is 21.0. The fraction of sp³-hybridized carbons (Fsp3) is 0.619. The Morgan fingerprint density at radius 2 is 1.81 bits per heavy atom. The molecule has 142 valence electrons. The molecule has 26 heavy (non-hydrogen) atoms. The number of aryl methyl sites for hydroxylation is 1. The van der Waals surface area contributed by atoms with E-state index in [-0.39, 0.29) is 24.0 Å². The Hall–Kier alpha value is -2.04. The van der Waals surface area contributed by atoms with Crippen LogP contribution in [0.4, 0.5) is 4.79 Å². The van der Waals surface area contributed by atoms with Crippen molar-refractivity contribution in [2.75, 3.05) is 13.1 Å². The van der Waals surface area contributed by atoms with Gasteiger partial charge in [0.15, 0.2) is 0 Å². The number of nitrogens with one attached hydrogen (secondary N) is 1. The van der Waals surface area contributed by atoms with Crippen molar-refractivity contribution < 1.29 is 14.3 Å². The molecule has 1 heterocycles. The Balaban J connectivity index is 1.52. The summed E-state index contributed by atoms with van der Waals surface area (Å²) in [6.07, 6.45) is 4.34. The zero-order valence-electron chi connectivity index (χ0n) is 16.1. The molecule has 1 N–H and O–H groups in total. The molecule has 0 bridgehead atoms. The van der Waals surface area contributed by atoms with Gasteiger partial charge in [0, 0.05) is 19.1 Å². The molecule has 1 unspecified atom stereocenters. The summed E-state index contributed by atoms with van der Waals surface area (Å²) in [6, 6.07) is 8.42. The summed E-state index contributed by atoms with van der Waals surface area (Å²) >= 11 is 0. The van der Waals surface area contributed by atoms with E-state index < -0.39 is 5.60 Å². The highest BCUT2D eigenvalue weighted by Gasteiger charge is 2.31. The van der Waals surface area contributed by atoms with Crippen molar-refractivity contribution >= 4 is 12.0 Å². The second kappa shape index (κ2) is 7.68. The number of hydrogen-bond acceptors (Lipinski definition) is 3. The zero-order valence-corrected chi connectivity index (χ0v) is 16.1. The number of rotatable bonds is 2. The molecule has 1 aromatic carbocycles. The van der Waals surface area contributed by atoms with Gasteiger partial charge in [-0.05, 0) is 64.0 Å². The first-order chi connectivity index (χ1) is 12.3. The van der Waals surface area contributed by atoms with Gasteiger partial charge in [-0.25, -0.2) is 4.79 Å². The molecular formula is C21H30N2O3. The van der Waals surface area contributed by atoms with E-state index >= 15 is 0 Å². The lowest BCUT2D eigenvalue weighted by molar-refractivity contribution is -0.123. The third kappa shape index (κ3) is 4.57. The second-order valence-corrected chi connectivity index (χ2v) is 8.39. The molecule has 1 aliphatic carbocycles. The van der Waals surface area contributed by atoms with E-state index in [1.807, 2.05) is 32.9 Å². The van der Waals surface area contributed by atoms with E-state index in [4.69, 9.17) is 4.74 Å². The van der Waals surface area contributed by atoms with Crippen molar-refractivity contribution in [2.45, 2.75) is 70.4 Å². The number of nitrogens with zero attached hydrogens (tertiary/aromatic N) is 1. The topological polar surface area (TPSA) is 58.6 Å². The first kappa shape index (κ1) is 18.7. The van der Waals surface area contributed by atoms with Crippen LogP contribution in [0.3, 0.4) is 0 Å². The highest BCUT2D eigenvalue weighted by Crippen LogP contribution is 2.31. The SMILES string of the molecule is CC(C)(C)OC(=O)N1CCC(NC(=O)C2CCCc3ccccc32)CC1. The molecule has 0 saturated carbocycles. The van der Waals surface area contributed by atoms with Crippen molar-refractivity contribution in [3.05, 3.63) is 35.4 Å². The van der Waals surface area contributed by atoms with Gasteiger partial charge in [0.05, 0.1) is 5.92 Å². The molecule has 1 saturated heterocycles. The second-order valence-electron chi connectivity index (χ2n) is 8.39. The maximum atomic E-state index is 12.8. The minimum Gasteiger partial charge on any atom is -0.444 e. The summed E-state index contributed by atoms with van der Waals surface area (Å²) in [5, 5.41) is 3.22. The number of likely N-dealkylation sites (tertiary alicyclic amines) is 1. The maximum absolute atomic E-state index is 12.8. The quantitative estimate of drug-likeness (QED) is 0.878. The van der Waals surface area contributed by atoms with Gasteiger partial charge < -0.3 is 15.0 Å². The van der Waals surface area contributed by atoms with Crippen molar-refractivity contribution in [3.63, 3.8) is 0 Å². The van der Waals surface area contributed by atoms with Crippen molar-refractivity contribution in [1.29, 1.82) is 0 Å². The molecule has 3 rings (SSSR count). The average molecular weight is 358 g/mol. The number of carbonyl (C=O) groups excluding carboxylic acids is 2. The number of benzene rings is 1. The minimum atomic E-state index is -0.476. The Morgan fingerprint density at radius 3 is 2.50 bits per heavy atom. The van der Waals surface area contributed by atoms with Gasteiger partial charge in [0.25, 0.3) is 0 Å². The molecule has 1 aromatic rings. The minimum absolute atomic E-state index is 0.0381. The molecule has 5 heteroatoms. The lowest BCUT2D eigenvalue weighted by Gasteiger charge is -2.34. The highest BCUT2D eigenvalue weighted by molar-refractivity contribution is 5.84. The van der Waals surface area contributed by atoms with Crippen molar-refractivity contribution in [2.24, 2.45) is 0 Å². The van der Waals surface area contributed by atoms with Gasteiger partial charge in [-0.15, -0.1) is 0 Å². The maximum Gasteiger partial charge on any atom is 0.410 e. The molecular weight excluding hydrogens is 328 g/mol. The molecule has 1 atom stereocenters. The monoisotopic (exact) mass is 358 g/mol. The van der Waals surface area contributed by atoms with Crippen LogP contribution in [0.2, 0.25) is 0 Å². The van der Waals surface area contributed by atoms with Crippen LogP contribution in [0.1, 0.15) is 63.5 Å². The lowest BCUT2D eigenvalue weighted by atomic mass is 9.82. The third-order valence-electron chi connectivity index (χ3n) is 5.18. The van der Waals surface area contributed by atoms with Gasteiger partial charge in [-0.2, -0.15) is 0 Å². The number of fused-ring (bicyclic) bond motifs is 1. The van der Waals surface area contributed by atoms with Crippen LogP contribution in [0.25, 0.3) is 0 Å². The van der Waals surface area contributed by atoms with Gasteiger partial charge in [-0.1, -0.05) is 24.3 Å². The summed E-state index contributed by atoms with van der Waals surface area (Å²) in [5.74, 6) is 0.0942. The third-order valence-corrected chi connectivity index (χ3v) is 5.18. The fourth-order valence-corrected chi connectivity index (χ4v) is 3.86. The van der Waals surface area contributed by atoms with Gasteiger partial charge >= 0.3 is 6.09 Å². The molecule has 1 aliphatic heterocycles. The van der Waals surface area contributed by atoms with Crippen LogP contribution < -0.4 is 5.32 Å². The Kier molecular flexibility index (Phi) is 5.54. The van der Waals surface area contributed by atoms with Gasteiger partial charge in [-0.3, -0.25) is 4.79 Å². The summed E-state index contributed by atoms with van der Waals surface area (Å²) in [5.41, 5.74) is 2.01. The van der Waals surface area contributed by atoms with Crippen LogP contribution in [-0.2, 0) is 16.0 Å². The van der Waals surface area contributed by atoms with E-state index in [1.165, 1.54) is 11.1 Å². The smallest absolute Gasteiger partial charge is 0.410 e. The van der Waals surface area contributed by atoms with Crippen LogP contribution >= 0.6 is 0 Å². The molecule has 0 spiro atoms. The summed E-state index contributed by atoms with van der Waals surface area (Å²) in [4.78, 5) is 26.7. The number of carbonyl (C=O) groups is 2. The Bertz CT molecular complexity index is 657. The van der Waals surface area contributed by atoms with Crippen LogP contribution in [0.5, 0.6) is 0 Å². The Labute approximate surface area is 156 Å². The van der Waals surface area contributed by atoms with Gasteiger partial charge in [0.1, 0.15) is 5.60 Å². The van der Waals surface area contributed by atoms with Gasteiger partial charge in [0.2, 0.25) is 5.91 Å².